The van der Waals surface area contributed by atoms with E-state index in [0.717, 1.165) is 35.2 Å². The number of nitriles is 1. The fraction of sp³-hybridized carbons (Fsp3) is 0.333. The van der Waals surface area contributed by atoms with Gasteiger partial charge in [0.05, 0.1) is 37.4 Å². The highest BCUT2D eigenvalue weighted by Gasteiger charge is 2.28. The number of anilines is 2. The molecule has 40 heavy (non-hydrogen) atoms. The number of aryl methyl sites for hydroxylation is 1. The number of carbonyl (C=O) groups is 1. The van der Waals surface area contributed by atoms with E-state index in [1.165, 1.54) is 14.2 Å². The normalized spacial score (nSPS) is 13.0. The van der Waals surface area contributed by atoms with Crippen LogP contribution in [-0.4, -0.2) is 47.4 Å². The average Bonchev–Trinajstić information content (AvgIpc) is 3.67. The Kier molecular flexibility index (Phi) is 7.22. The van der Waals surface area contributed by atoms with Crippen LogP contribution >= 0.6 is 0 Å². The minimum atomic E-state index is -0.622. The summed E-state index contributed by atoms with van der Waals surface area (Å²) in [5.74, 6) is 1.82. The van der Waals surface area contributed by atoms with E-state index in [4.69, 9.17) is 14.2 Å². The molecule has 0 atom stereocenters. The van der Waals surface area contributed by atoms with Gasteiger partial charge in [0.1, 0.15) is 29.4 Å². The second-order valence-corrected chi connectivity index (χ2v) is 10.5. The number of carbonyl (C=O) groups excluding carboxylic acids is 1. The number of hydrogen-bond acceptors (Lipinski definition) is 8. The van der Waals surface area contributed by atoms with Crippen molar-refractivity contribution < 1.29 is 19.0 Å². The van der Waals surface area contributed by atoms with Crippen LogP contribution in [0, 0.1) is 23.7 Å². The van der Waals surface area contributed by atoms with E-state index in [0.29, 0.717) is 34.3 Å². The molecule has 2 N–H and O–H groups in total. The number of amides is 1. The first-order valence-corrected chi connectivity index (χ1v) is 13.0. The molecule has 4 aromatic rings. The Bertz CT molecular complexity index is 1590. The summed E-state index contributed by atoms with van der Waals surface area (Å²) in [5, 5.41) is 20.3. The molecule has 206 valence electrons. The number of ether oxygens (including phenoxy) is 3. The molecule has 0 spiro atoms. The van der Waals surface area contributed by atoms with Crippen molar-refractivity contribution in [3.05, 3.63) is 60.0 Å². The van der Waals surface area contributed by atoms with Crippen LogP contribution in [0.3, 0.4) is 0 Å². The van der Waals surface area contributed by atoms with Crippen molar-refractivity contribution in [2.75, 3.05) is 26.1 Å². The van der Waals surface area contributed by atoms with Crippen LogP contribution in [-0.2, 0) is 0 Å². The molecule has 3 heterocycles. The van der Waals surface area contributed by atoms with E-state index >= 15 is 0 Å². The molecule has 0 saturated heterocycles. The number of fused-ring (bicyclic) bond motifs is 1. The van der Waals surface area contributed by atoms with Crippen LogP contribution in [0.15, 0.2) is 48.8 Å². The Hall–Kier alpha value is -4.78. The van der Waals surface area contributed by atoms with E-state index < -0.39 is 5.41 Å². The molecule has 0 unspecified atom stereocenters. The SMILES string of the molecule is COc1cc(Nc2cc3cc(-c4cc(C)ncc4OCC(C)(C)C#N)ccn3n2)cc(OC)c1C(=O)NC1CC1. The lowest BCUT2D eigenvalue weighted by Gasteiger charge is -2.18. The van der Waals surface area contributed by atoms with E-state index in [1.807, 2.05) is 51.2 Å². The molecule has 0 aliphatic heterocycles. The van der Waals surface area contributed by atoms with Crippen molar-refractivity contribution in [3.63, 3.8) is 0 Å². The first-order valence-electron chi connectivity index (χ1n) is 13.0. The molecule has 1 amide bonds. The maximum absolute atomic E-state index is 12.8. The predicted octanol–water partition coefficient (Wildman–Crippen LogP) is 5.29. The molecule has 1 saturated carbocycles. The topological polar surface area (TPSA) is 123 Å². The number of nitrogens with one attached hydrogen (secondary N) is 2. The quantitative estimate of drug-likeness (QED) is 0.278. The van der Waals surface area contributed by atoms with E-state index in [2.05, 4.69) is 26.8 Å². The van der Waals surface area contributed by atoms with Crippen molar-refractivity contribution in [3.8, 4) is 34.4 Å². The molecule has 0 bridgehead atoms. The predicted molar refractivity (Wildman–Crippen MR) is 151 cm³/mol. The van der Waals surface area contributed by atoms with Crippen molar-refractivity contribution in [1.82, 2.24) is 19.9 Å². The first-order chi connectivity index (χ1) is 19.2. The van der Waals surface area contributed by atoms with Gasteiger partial charge in [0.2, 0.25) is 0 Å². The summed E-state index contributed by atoms with van der Waals surface area (Å²) in [6, 6.07) is 13.8. The molecular formula is C30H32N6O4. The van der Waals surface area contributed by atoms with Crippen LogP contribution in [0.5, 0.6) is 17.2 Å². The van der Waals surface area contributed by atoms with Gasteiger partial charge in [-0.2, -0.15) is 10.4 Å². The smallest absolute Gasteiger partial charge is 0.259 e. The zero-order chi connectivity index (χ0) is 28.4. The molecule has 1 fully saturated rings. The second kappa shape index (κ2) is 10.8. The fourth-order valence-electron chi connectivity index (χ4n) is 4.24. The van der Waals surface area contributed by atoms with Crippen molar-refractivity contribution in [1.29, 1.82) is 5.26 Å². The highest BCUT2D eigenvalue weighted by atomic mass is 16.5. The molecule has 1 aromatic carbocycles. The molecular weight excluding hydrogens is 508 g/mol. The molecule has 1 aliphatic rings. The first kappa shape index (κ1) is 26.8. The Morgan fingerprint density at radius 3 is 2.50 bits per heavy atom. The van der Waals surface area contributed by atoms with Gasteiger partial charge < -0.3 is 24.8 Å². The summed E-state index contributed by atoms with van der Waals surface area (Å²) in [5.41, 5.74) is 3.94. The number of hydrogen-bond donors (Lipinski definition) is 2. The van der Waals surface area contributed by atoms with Crippen molar-refractivity contribution >= 4 is 22.9 Å². The summed E-state index contributed by atoms with van der Waals surface area (Å²) in [7, 11) is 3.05. The summed E-state index contributed by atoms with van der Waals surface area (Å²) in [6.45, 7) is 5.85. The lowest BCUT2D eigenvalue weighted by molar-refractivity contribution is 0.0945. The summed E-state index contributed by atoms with van der Waals surface area (Å²) < 4.78 is 18.9. The van der Waals surface area contributed by atoms with Crippen molar-refractivity contribution in [2.24, 2.45) is 5.41 Å². The number of aromatic nitrogens is 3. The number of methoxy groups -OCH3 is 2. The third kappa shape index (κ3) is 5.78. The average molecular weight is 541 g/mol. The standard InChI is InChI=1S/C30H32N6O4/c1-18-10-23(26(15-32-18)40-17-30(2,3)16-31)19-8-9-36-22(11-19)14-27(35-36)33-21-12-24(38-4)28(25(13-21)39-5)29(37)34-20-6-7-20/h8-15,20H,6-7,17H2,1-5H3,(H,33,35)(H,34,37). The molecule has 10 nitrogen and oxygen atoms in total. The van der Waals surface area contributed by atoms with Gasteiger partial charge >= 0.3 is 0 Å². The number of nitrogens with zero attached hydrogens (tertiary/aromatic N) is 4. The van der Waals surface area contributed by atoms with E-state index in [1.54, 1.807) is 22.8 Å². The Morgan fingerprint density at radius 2 is 1.85 bits per heavy atom. The Morgan fingerprint density at radius 1 is 1.12 bits per heavy atom. The third-order valence-electron chi connectivity index (χ3n) is 6.59. The van der Waals surface area contributed by atoms with Crippen molar-refractivity contribution in [2.45, 2.75) is 39.7 Å². The van der Waals surface area contributed by atoms with E-state index in [-0.39, 0.29) is 18.6 Å². The largest absolute Gasteiger partial charge is 0.496 e. The summed E-state index contributed by atoms with van der Waals surface area (Å²) >= 11 is 0. The number of benzene rings is 1. The third-order valence-corrected chi connectivity index (χ3v) is 6.59. The monoisotopic (exact) mass is 540 g/mol. The summed E-state index contributed by atoms with van der Waals surface area (Å²) in [6.07, 6.45) is 5.54. The van der Waals surface area contributed by atoms with Crippen LogP contribution in [0.4, 0.5) is 11.5 Å². The maximum Gasteiger partial charge on any atom is 0.259 e. The van der Waals surface area contributed by atoms with Gasteiger partial charge in [-0.15, -0.1) is 0 Å². The van der Waals surface area contributed by atoms with Crippen LogP contribution in [0.25, 0.3) is 16.6 Å². The van der Waals surface area contributed by atoms with Crippen LogP contribution in [0.2, 0.25) is 0 Å². The number of rotatable bonds is 10. The van der Waals surface area contributed by atoms with Gasteiger partial charge in [0, 0.05) is 47.4 Å². The highest BCUT2D eigenvalue weighted by Crippen LogP contribution is 2.36. The zero-order valence-electron chi connectivity index (χ0n) is 23.2. The van der Waals surface area contributed by atoms with Gasteiger partial charge in [-0.1, -0.05) is 0 Å². The van der Waals surface area contributed by atoms with Gasteiger partial charge in [-0.05, 0) is 57.4 Å². The number of pyridine rings is 2. The molecule has 3 aromatic heterocycles. The Labute approximate surface area is 232 Å². The minimum Gasteiger partial charge on any atom is -0.496 e. The van der Waals surface area contributed by atoms with Gasteiger partial charge in [0.25, 0.3) is 5.91 Å². The zero-order valence-corrected chi connectivity index (χ0v) is 23.2. The van der Waals surface area contributed by atoms with Gasteiger partial charge in [0.15, 0.2) is 5.82 Å². The Balaban J connectivity index is 1.42. The maximum atomic E-state index is 12.8. The lowest BCUT2D eigenvalue weighted by Crippen LogP contribution is -2.26. The fourth-order valence-corrected chi connectivity index (χ4v) is 4.24. The van der Waals surface area contributed by atoms with Gasteiger partial charge in [-0.3, -0.25) is 9.78 Å². The molecule has 0 radical (unpaired) electrons. The van der Waals surface area contributed by atoms with E-state index in [9.17, 15) is 10.1 Å². The lowest BCUT2D eigenvalue weighted by atomic mass is 9.97. The molecule has 1 aliphatic carbocycles. The molecule has 5 rings (SSSR count). The minimum absolute atomic E-state index is 0.214. The van der Waals surface area contributed by atoms with Crippen LogP contribution in [0.1, 0.15) is 42.7 Å². The molecule has 10 heteroatoms. The highest BCUT2D eigenvalue weighted by molar-refractivity contribution is 6.01. The summed E-state index contributed by atoms with van der Waals surface area (Å²) in [4.78, 5) is 17.2. The van der Waals surface area contributed by atoms with Gasteiger partial charge in [-0.25, -0.2) is 4.52 Å². The second-order valence-electron chi connectivity index (χ2n) is 10.5. The van der Waals surface area contributed by atoms with Crippen LogP contribution < -0.4 is 24.8 Å².